The molecule has 5 nitrogen and oxygen atoms in total. The van der Waals surface area contributed by atoms with E-state index >= 15 is 0 Å². The van der Waals surface area contributed by atoms with Crippen LogP contribution in [0.4, 0.5) is 0 Å². The number of rotatable bonds is 5. The summed E-state index contributed by atoms with van der Waals surface area (Å²) < 4.78 is 5.25. The third kappa shape index (κ3) is 3.76. The molecule has 0 fully saturated rings. The van der Waals surface area contributed by atoms with E-state index in [4.69, 9.17) is 21.2 Å². The molecule has 0 N–H and O–H groups in total. The quantitative estimate of drug-likeness (QED) is 0.704. The third-order valence-corrected chi connectivity index (χ3v) is 5.18. The zero-order chi connectivity index (χ0) is 19.5. The second-order valence-corrected chi connectivity index (χ2v) is 7.26. The molecule has 2 aliphatic rings. The van der Waals surface area contributed by atoms with Gasteiger partial charge in [0.05, 0.1) is 23.8 Å². The van der Waals surface area contributed by atoms with E-state index in [1.165, 1.54) is 0 Å². The maximum absolute atomic E-state index is 12.5. The Morgan fingerprint density at radius 3 is 2.68 bits per heavy atom. The lowest BCUT2D eigenvalue weighted by molar-refractivity contribution is -0.139. The summed E-state index contributed by atoms with van der Waals surface area (Å²) >= 11 is 6.02. The molecule has 6 heteroatoms. The fourth-order valence-electron chi connectivity index (χ4n) is 3.62. The highest BCUT2D eigenvalue weighted by atomic mass is 35.5. The highest BCUT2D eigenvalue weighted by Crippen LogP contribution is 2.36. The van der Waals surface area contributed by atoms with Gasteiger partial charge in [-0.2, -0.15) is 0 Å². The van der Waals surface area contributed by atoms with Crippen molar-refractivity contribution in [2.75, 3.05) is 6.61 Å². The highest BCUT2D eigenvalue weighted by Gasteiger charge is 2.43. The summed E-state index contributed by atoms with van der Waals surface area (Å²) in [6.07, 6.45) is 2.12. The molecule has 2 aromatic rings. The molecule has 2 atom stereocenters. The molecule has 0 bridgehead atoms. The van der Waals surface area contributed by atoms with Gasteiger partial charge in [-0.3, -0.25) is 0 Å². The average molecular weight is 397 g/mol. The van der Waals surface area contributed by atoms with Crippen LogP contribution in [0.2, 0.25) is 5.02 Å². The van der Waals surface area contributed by atoms with Crippen molar-refractivity contribution in [2.24, 2.45) is 11.1 Å². The minimum Gasteiger partial charge on any atom is -0.463 e. The van der Waals surface area contributed by atoms with Crippen molar-refractivity contribution in [1.82, 2.24) is 4.90 Å². The van der Waals surface area contributed by atoms with Crippen LogP contribution in [-0.4, -0.2) is 29.4 Å². The van der Waals surface area contributed by atoms with Crippen LogP contribution in [0.25, 0.3) is 0 Å². The van der Waals surface area contributed by atoms with E-state index in [9.17, 15) is 4.79 Å². The van der Waals surface area contributed by atoms with Gasteiger partial charge in [0.2, 0.25) is 6.23 Å². The third-order valence-electron chi connectivity index (χ3n) is 4.93. The lowest BCUT2D eigenvalue weighted by atomic mass is 9.87. The number of carbonyl (C=O) groups excluding carboxylic acids is 1. The first kappa shape index (κ1) is 18.6. The van der Waals surface area contributed by atoms with Crippen molar-refractivity contribution in [3.05, 3.63) is 82.5 Å². The molecule has 2 unspecified atom stereocenters. The summed E-state index contributed by atoms with van der Waals surface area (Å²) in [5.74, 6) is -0.351. The van der Waals surface area contributed by atoms with E-state index < -0.39 is 0 Å². The second kappa shape index (κ2) is 8.07. The molecule has 0 amide bonds. The summed E-state index contributed by atoms with van der Waals surface area (Å²) in [5.41, 5.74) is 3.54. The van der Waals surface area contributed by atoms with E-state index in [1.807, 2.05) is 60.5 Å². The Kier molecular flexibility index (Phi) is 5.35. The number of nitrogens with zero attached hydrogens (tertiary/aromatic N) is 2. The van der Waals surface area contributed by atoms with Crippen LogP contribution in [0.15, 0.2) is 71.5 Å². The molecule has 144 valence electrons. The van der Waals surface area contributed by atoms with Gasteiger partial charge in [0.25, 0.3) is 0 Å². The topological polar surface area (TPSA) is 51.1 Å². The van der Waals surface area contributed by atoms with Crippen LogP contribution in [0, 0.1) is 5.92 Å². The zero-order valence-electron chi connectivity index (χ0n) is 15.5. The van der Waals surface area contributed by atoms with Crippen molar-refractivity contribution in [1.29, 1.82) is 0 Å². The molecule has 4 rings (SSSR count). The Bertz CT molecular complexity index is 909. The first-order valence-corrected chi connectivity index (χ1v) is 9.70. The molecule has 28 heavy (non-hydrogen) atoms. The molecule has 2 heterocycles. The molecule has 0 radical (unpaired) electrons. The lowest BCUT2D eigenvalue weighted by Gasteiger charge is -2.35. The molecule has 0 saturated heterocycles. The lowest BCUT2D eigenvalue weighted by Crippen LogP contribution is -2.42. The van der Waals surface area contributed by atoms with Crippen molar-refractivity contribution in [3.63, 3.8) is 0 Å². The Hall–Kier alpha value is -2.79. The maximum Gasteiger partial charge on any atom is 0.335 e. The number of oxime groups is 1. The van der Waals surface area contributed by atoms with Gasteiger partial charge in [0.1, 0.15) is 0 Å². The summed E-state index contributed by atoms with van der Waals surface area (Å²) in [5, 5.41) is 5.03. The van der Waals surface area contributed by atoms with Crippen LogP contribution in [0.3, 0.4) is 0 Å². The largest absolute Gasteiger partial charge is 0.463 e. The van der Waals surface area contributed by atoms with Gasteiger partial charge < -0.3 is 14.5 Å². The fourth-order valence-corrected chi connectivity index (χ4v) is 3.74. The molecule has 0 saturated carbocycles. The molecule has 0 spiro atoms. The monoisotopic (exact) mass is 396 g/mol. The minimum atomic E-state index is -0.290. The first-order valence-electron chi connectivity index (χ1n) is 9.33. The van der Waals surface area contributed by atoms with E-state index in [-0.39, 0.29) is 18.1 Å². The van der Waals surface area contributed by atoms with Gasteiger partial charge in [0.15, 0.2) is 0 Å². The number of benzene rings is 2. The number of esters is 1. The number of hydrogen-bond acceptors (Lipinski definition) is 5. The van der Waals surface area contributed by atoms with E-state index in [0.29, 0.717) is 30.2 Å². The van der Waals surface area contributed by atoms with Crippen molar-refractivity contribution in [3.8, 4) is 0 Å². The van der Waals surface area contributed by atoms with Crippen LogP contribution < -0.4 is 0 Å². The molecular formula is C22H21ClN2O3. The van der Waals surface area contributed by atoms with E-state index in [1.54, 1.807) is 0 Å². The standard InChI is InChI=1S/C22H21ClN2O3/c1-2-27-22(26)17-12-19-20(16-8-10-18(23)11-9-16)24-28-21(19)25(14-17)13-15-6-4-3-5-7-15/h3-11,14,19,21H,2,12-13H2,1H3. The average Bonchev–Trinajstić information content (AvgIpc) is 3.14. The summed E-state index contributed by atoms with van der Waals surface area (Å²) in [6, 6.07) is 17.6. The molecule has 2 aromatic carbocycles. The molecule has 0 aliphatic carbocycles. The van der Waals surface area contributed by atoms with Crippen molar-refractivity contribution >= 4 is 23.3 Å². The molecular weight excluding hydrogens is 376 g/mol. The second-order valence-electron chi connectivity index (χ2n) is 6.82. The Balaban J connectivity index is 1.64. The number of carbonyl (C=O) groups is 1. The highest BCUT2D eigenvalue weighted by molar-refractivity contribution is 6.30. The predicted octanol–water partition coefficient (Wildman–Crippen LogP) is 4.37. The molecule has 0 aromatic heterocycles. The van der Waals surface area contributed by atoms with E-state index in [0.717, 1.165) is 16.8 Å². The van der Waals surface area contributed by atoms with Gasteiger partial charge in [-0.05, 0) is 36.6 Å². The smallest absolute Gasteiger partial charge is 0.335 e. The predicted molar refractivity (Wildman–Crippen MR) is 108 cm³/mol. The molecule has 2 aliphatic heterocycles. The number of fused-ring (bicyclic) bond motifs is 1. The van der Waals surface area contributed by atoms with Crippen LogP contribution >= 0.6 is 11.6 Å². The summed E-state index contributed by atoms with van der Waals surface area (Å²) in [6.45, 7) is 2.77. The number of ether oxygens (including phenoxy) is 1. The van der Waals surface area contributed by atoms with Crippen molar-refractivity contribution in [2.45, 2.75) is 26.1 Å². The minimum absolute atomic E-state index is 0.0608. The Morgan fingerprint density at radius 2 is 1.96 bits per heavy atom. The maximum atomic E-state index is 12.5. The number of halogens is 1. The van der Waals surface area contributed by atoms with Crippen LogP contribution in [0.5, 0.6) is 0 Å². The normalized spacial score (nSPS) is 20.7. The van der Waals surface area contributed by atoms with Gasteiger partial charge in [-0.25, -0.2) is 4.79 Å². The SMILES string of the molecule is CCOC(=O)C1=CN(Cc2ccccc2)C2ON=C(c3ccc(Cl)cc3)C2C1. The summed E-state index contributed by atoms with van der Waals surface area (Å²) in [7, 11) is 0. The fraction of sp³-hybridized carbons (Fsp3) is 0.273. The van der Waals surface area contributed by atoms with Crippen LogP contribution in [0.1, 0.15) is 24.5 Å². The Morgan fingerprint density at radius 1 is 1.21 bits per heavy atom. The van der Waals surface area contributed by atoms with Crippen LogP contribution in [-0.2, 0) is 20.9 Å². The van der Waals surface area contributed by atoms with Gasteiger partial charge in [-0.1, -0.05) is 59.2 Å². The number of hydrogen-bond donors (Lipinski definition) is 0. The Labute approximate surface area is 169 Å². The van der Waals surface area contributed by atoms with Crippen molar-refractivity contribution < 1.29 is 14.4 Å². The zero-order valence-corrected chi connectivity index (χ0v) is 16.3. The van der Waals surface area contributed by atoms with Gasteiger partial charge in [0, 0.05) is 17.8 Å². The first-order chi connectivity index (χ1) is 13.7. The van der Waals surface area contributed by atoms with Gasteiger partial charge >= 0.3 is 5.97 Å². The van der Waals surface area contributed by atoms with E-state index in [2.05, 4.69) is 17.3 Å². The van der Waals surface area contributed by atoms with Gasteiger partial charge in [-0.15, -0.1) is 0 Å². The summed E-state index contributed by atoms with van der Waals surface area (Å²) in [4.78, 5) is 20.3.